The molecule has 5 heteroatoms. The Morgan fingerprint density at radius 2 is 1.81 bits per heavy atom. The van der Waals surface area contributed by atoms with Crippen molar-refractivity contribution in [3.8, 4) is 0 Å². The Labute approximate surface area is 126 Å². The Balaban J connectivity index is 2.78. The monoisotopic (exact) mass is 292 g/mol. The van der Waals surface area contributed by atoms with Gasteiger partial charge in [-0.15, -0.1) is 0 Å². The van der Waals surface area contributed by atoms with Gasteiger partial charge in [-0.25, -0.2) is 0 Å². The first-order chi connectivity index (χ1) is 9.90. The normalized spacial score (nSPS) is 12.2. The minimum Gasteiger partial charge on any atom is -0.480 e. The smallest absolute Gasteiger partial charge is 0.320 e. The van der Waals surface area contributed by atoms with Gasteiger partial charge in [-0.2, -0.15) is 0 Å². The van der Waals surface area contributed by atoms with Gasteiger partial charge in [0.05, 0.1) is 6.54 Å². The van der Waals surface area contributed by atoms with E-state index in [1.165, 1.54) is 0 Å². The number of para-hydroxylation sites is 1. The van der Waals surface area contributed by atoms with Crippen molar-refractivity contribution in [2.24, 2.45) is 0 Å². The van der Waals surface area contributed by atoms with Crippen LogP contribution in [0.2, 0.25) is 0 Å². The first-order valence-electron chi connectivity index (χ1n) is 7.23. The molecule has 0 spiro atoms. The molecule has 0 fully saturated rings. The molecule has 116 valence electrons. The summed E-state index contributed by atoms with van der Waals surface area (Å²) in [6.07, 6.45) is 0.472. The molecule has 0 saturated heterocycles. The molecule has 0 saturated carbocycles. The summed E-state index contributed by atoms with van der Waals surface area (Å²) < 4.78 is 0. The van der Waals surface area contributed by atoms with Crippen molar-refractivity contribution in [3.05, 3.63) is 29.3 Å². The second-order valence-electron chi connectivity index (χ2n) is 5.14. The number of carboxylic acid groups (broad SMARTS) is 1. The zero-order chi connectivity index (χ0) is 16.0. The lowest BCUT2D eigenvalue weighted by Crippen LogP contribution is -2.44. The van der Waals surface area contributed by atoms with Gasteiger partial charge in [0.2, 0.25) is 5.91 Å². The van der Waals surface area contributed by atoms with Gasteiger partial charge in [0, 0.05) is 5.69 Å². The average Bonchev–Trinajstić information content (AvgIpc) is 2.42. The third-order valence-electron chi connectivity index (χ3n) is 3.61. The number of carbonyl (C=O) groups excluding carboxylic acids is 1. The number of rotatable bonds is 7. The number of hydrogen-bond acceptors (Lipinski definition) is 3. The third kappa shape index (κ3) is 4.56. The van der Waals surface area contributed by atoms with Gasteiger partial charge in [-0.05, 0) is 37.9 Å². The number of amides is 1. The molecule has 1 amide bonds. The van der Waals surface area contributed by atoms with Gasteiger partial charge < -0.3 is 10.4 Å². The summed E-state index contributed by atoms with van der Waals surface area (Å²) in [5.74, 6) is -1.08. The van der Waals surface area contributed by atoms with Crippen LogP contribution in [0, 0.1) is 13.8 Å². The van der Waals surface area contributed by atoms with E-state index in [4.69, 9.17) is 0 Å². The molecule has 1 aromatic carbocycles. The van der Waals surface area contributed by atoms with Crippen LogP contribution in [0.15, 0.2) is 18.2 Å². The van der Waals surface area contributed by atoms with E-state index in [0.717, 1.165) is 16.8 Å². The van der Waals surface area contributed by atoms with Crippen LogP contribution in [0.4, 0.5) is 5.69 Å². The van der Waals surface area contributed by atoms with E-state index in [9.17, 15) is 14.7 Å². The largest absolute Gasteiger partial charge is 0.480 e. The zero-order valence-corrected chi connectivity index (χ0v) is 13.1. The maximum Gasteiger partial charge on any atom is 0.320 e. The molecule has 0 aliphatic rings. The maximum atomic E-state index is 12.2. The molecule has 0 heterocycles. The predicted molar refractivity (Wildman–Crippen MR) is 83.5 cm³/mol. The predicted octanol–water partition coefficient (Wildman–Crippen LogP) is 2.43. The van der Waals surface area contributed by atoms with Crippen LogP contribution in [0.1, 0.15) is 31.4 Å². The van der Waals surface area contributed by atoms with Gasteiger partial charge in [0.25, 0.3) is 0 Å². The number of carbonyl (C=O) groups is 2. The number of aryl methyl sites for hydroxylation is 2. The van der Waals surface area contributed by atoms with Crippen LogP contribution in [-0.4, -0.2) is 41.0 Å². The fraction of sp³-hybridized carbons (Fsp3) is 0.500. The van der Waals surface area contributed by atoms with Crippen molar-refractivity contribution in [2.75, 3.05) is 18.4 Å². The Kier molecular flexibility index (Phi) is 6.37. The average molecular weight is 292 g/mol. The number of hydrogen-bond donors (Lipinski definition) is 2. The van der Waals surface area contributed by atoms with Crippen molar-refractivity contribution in [3.63, 3.8) is 0 Å². The number of benzene rings is 1. The number of nitrogens with zero attached hydrogens (tertiary/aromatic N) is 1. The summed E-state index contributed by atoms with van der Waals surface area (Å²) in [7, 11) is 0. The van der Waals surface area contributed by atoms with E-state index >= 15 is 0 Å². The highest BCUT2D eigenvalue weighted by Gasteiger charge is 2.24. The van der Waals surface area contributed by atoms with E-state index in [-0.39, 0.29) is 12.5 Å². The van der Waals surface area contributed by atoms with Crippen LogP contribution in [0.3, 0.4) is 0 Å². The molecule has 0 bridgehead atoms. The molecule has 21 heavy (non-hydrogen) atoms. The van der Waals surface area contributed by atoms with Crippen LogP contribution >= 0.6 is 0 Å². The first-order valence-corrected chi connectivity index (χ1v) is 7.23. The Morgan fingerprint density at radius 3 is 2.24 bits per heavy atom. The quantitative estimate of drug-likeness (QED) is 0.810. The summed E-state index contributed by atoms with van der Waals surface area (Å²) in [6, 6.07) is 5.19. The third-order valence-corrected chi connectivity index (χ3v) is 3.61. The van der Waals surface area contributed by atoms with E-state index in [1.54, 1.807) is 4.90 Å². The molecule has 5 nitrogen and oxygen atoms in total. The molecule has 2 N–H and O–H groups in total. The highest BCUT2D eigenvalue weighted by atomic mass is 16.4. The molecule has 1 unspecified atom stereocenters. The van der Waals surface area contributed by atoms with Gasteiger partial charge in [-0.1, -0.05) is 32.0 Å². The molecular formula is C16H24N2O3. The summed E-state index contributed by atoms with van der Waals surface area (Å²) in [5, 5.41) is 12.1. The van der Waals surface area contributed by atoms with Crippen molar-refractivity contribution in [1.29, 1.82) is 0 Å². The van der Waals surface area contributed by atoms with Gasteiger partial charge in [0.1, 0.15) is 6.04 Å². The Morgan fingerprint density at radius 1 is 1.24 bits per heavy atom. The van der Waals surface area contributed by atoms with Crippen LogP contribution in [-0.2, 0) is 9.59 Å². The van der Waals surface area contributed by atoms with Crippen LogP contribution in [0.25, 0.3) is 0 Å². The summed E-state index contributed by atoms with van der Waals surface area (Å²) in [6.45, 7) is 8.14. The minimum atomic E-state index is -0.890. The SMILES string of the molecule is CCC(C(=O)O)N(CC)CC(=O)Nc1c(C)cccc1C. The second-order valence-corrected chi connectivity index (χ2v) is 5.14. The molecule has 0 radical (unpaired) electrons. The molecule has 1 aromatic rings. The number of aliphatic carboxylic acids is 1. The highest BCUT2D eigenvalue weighted by Crippen LogP contribution is 2.19. The lowest BCUT2D eigenvalue weighted by molar-refractivity contribution is -0.143. The topological polar surface area (TPSA) is 69.6 Å². The molecule has 0 aliphatic heterocycles. The first kappa shape index (κ1) is 17.2. The van der Waals surface area contributed by atoms with Gasteiger partial charge in [-0.3, -0.25) is 14.5 Å². The number of likely N-dealkylation sites (N-methyl/N-ethyl adjacent to an activating group) is 1. The number of nitrogens with one attached hydrogen (secondary N) is 1. The molecule has 1 rings (SSSR count). The minimum absolute atomic E-state index is 0.0785. The fourth-order valence-electron chi connectivity index (χ4n) is 2.41. The van der Waals surface area contributed by atoms with Gasteiger partial charge >= 0.3 is 5.97 Å². The van der Waals surface area contributed by atoms with Gasteiger partial charge in [0.15, 0.2) is 0 Å². The lowest BCUT2D eigenvalue weighted by Gasteiger charge is -2.26. The summed E-state index contributed by atoms with van der Waals surface area (Å²) >= 11 is 0. The zero-order valence-electron chi connectivity index (χ0n) is 13.1. The number of anilines is 1. The highest BCUT2D eigenvalue weighted by molar-refractivity contribution is 5.94. The molecule has 0 aromatic heterocycles. The Hall–Kier alpha value is -1.88. The van der Waals surface area contributed by atoms with Crippen LogP contribution in [0.5, 0.6) is 0 Å². The van der Waals surface area contributed by atoms with E-state index in [1.807, 2.05) is 45.9 Å². The summed E-state index contributed by atoms with van der Waals surface area (Å²) in [4.78, 5) is 25.1. The fourth-order valence-corrected chi connectivity index (χ4v) is 2.41. The molecular weight excluding hydrogens is 268 g/mol. The molecule has 1 atom stereocenters. The molecule has 0 aliphatic carbocycles. The Bertz CT molecular complexity index is 494. The summed E-state index contributed by atoms with van der Waals surface area (Å²) in [5.41, 5.74) is 2.80. The van der Waals surface area contributed by atoms with Crippen molar-refractivity contribution in [1.82, 2.24) is 4.90 Å². The van der Waals surface area contributed by atoms with E-state index in [0.29, 0.717) is 13.0 Å². The van der Waals surface area contributed by atoms with Crippen molar-refractivity contribution in [2.45, 2.75) is 40.2 Å². The van der Waals surface area contributed by atoms with Crippen molar-refractivity contribution < 1.29 is 14.7 Å². The second kappa shape index (κ2) is 7.78. The van der Waals surface area contributed by atoms with E-state index < -0.39 is 12.0 Å². The van der Waals surface area contributed by atoms with Crippen LogP contribution < -0.4 is 5.32 Å². The lowest BCUT2D eigenvalue weighted by atomic mass is 10.1. The maximum absolute atomic E-state index is 12.2. The van der Waals surface area contributed by atoms with Crippen molar-refractivity contribution >= 4 is 17.6 Å². The van der Waals surface area contributed by atoms with E-state index in [2.05, 4.69) is 5.32 Å². The number of carboxylic acids is 1. The standard InChI is InChI=1S/C16H24N2O3/c1-5-13(16(20)21)18(6-2)10-14(19)17-15-11(3)8-7-9-12(15)4/h7-9,13H,5-6,10H2,1-4H3,(H,17,19)(H,20,21).